The third kappa shape index (κ3) is 5.48. The molecule has 0 atom stereocenters. The Hall–Kier alpha value is -8.32. The molecule has 270 valence electrons. The standard InChI is InChI=1S/C52H30N4O2/c1-54-38-16-22-42(23-17-38)56(40-10-6-3-7-11-40)44-21-15-35-27-46-48-30-47-45-26-34-14-20-43(55(39-8-4-2-5-9-39)41-18-12-33(32-53)13-19-41)24-36(34)28-49(45)57-51(47)31-52(48)58-50(46)29-37(35)25-44/h2-31H. The summed E-state index contributed by atoms with van der Waals surface area (Å²) in [6.07, 6.45) is 0. The van der Waals surface area contributed by atoms with E-state index >= 15 is 0 Å². The van der Waals surface area contributed by atoms with Crippen molar-refractivity contribution >= 4 is 105 Å². The summed E-state index contributed by atoms with van der Waals surface area (Å²) >= 11 is 0. The van der Waals surface area contributed by atoms with Crippen molar-refractivity contribution in [2.45, 2.75) is 0 Å². The van der Waals surface area contributed by atoms with Gasteiger partial charge in [-0.05, 0) is 137 Å². The molecule has 0 N–H and O–H groups in total. The first kappa shape index (κ1) is 33.1. The molecule has 9 aromatic carbocycles. The van der Waals surface area contributed by atoms with Crippen LogP contribution in [0, 0.1) is 17.9 Å². The minimum absolute atomic E-state index is 0.609. The van der Waals surface area contributed by atoms with Gasteiger partial charge in [0, 0.05) is 61.7 Å². The molecular weight excluding hydrogens is 713 g/mol. The minimum atomic E-state index is 0.609. The maximum Gasteiger partial charge on any atom is 0.187 e. The fourth-order valence-electron chi connectivity index (χ4n) is 8.19. The van der Waals surface area contributed by atoms with E-state index in [1.54, 1.807) is 0 Å². The highest BCUT2D eigenvalue weighted by Crippen LogP contribution is 2.42. The number of furan rings is 2. The smallest absolute Gasteiger partial charge is 0.187 e. The van der Waals surface area contributed by atoms with Crippen molar-refractivity contribution in [1.82, 2.24) is 0 Å². The zero-order chi connectivity index (χ0) is 38.7. The summed E-state index contributed by atoms with van der Waals surface area (Å²) in [6, 6.07) is 64.0. The van der Waals surface area contributed by atoms with Gasteiger partial charge in [-0.3, -0.25) is 0 Å². The van der Waals surface area contributed by atoms with Gasteiger partial charge in [-0.2, -0.15) is 5.26 Å². The van der Waals surface area contributed by atoms with Gasteiger partial charge in [0.05, 0.1) is 18.2 Å². The molecule has 0 aliphatic rings. The summed E-state index contributed by atoms with van der Waals surface area (Å²) in [4.78, 5) is 7.98. The van der Waals surface area contributed by atoms with Crippen LogP contribution in [-0.2, 0) is 0 Å². The molecular formula is C52H30N4O2. The van der Waals surface area contributed by atoms with Crippen molar-refractivity contribution in [3.63, 3.8) is 0 Å². The van der Waals surface area contributed by atoms with E-state index in [2.05, 4.69) is 112 Å². The summed E-state index contributed by atoms with van der Waals surface area (Å²) in [6.45, 7) is 7.41. The van der Waals surface area contributed by atoms with E-state index in [4.69, 9.17) is 15.4 Å². The Labute approximate surface area is 333 Å². The molecule has 6 heteroatoms. The number of hydrogen-bond acceptors (Lipinski definition) is 5. The van der Waals surface area contributed by atoms with Crippen LogP contribution in [0.5, 0.6) is 0 Å². The zero-order valence-electron chi connectivity index (χ0n) is 30.9. The maximum atomic E-state index is 9.40. The minimum Gasteiger partial charge on any atom is -0.456 e. The molecule has 11 rings (SSSR count). The lowest BCUT2D eigenvalue weighted by Gasteiger charge is -2.26. The zero-order valence-corrected chi connectivity index (χ0v) is 30.9. The number of nitriles is 1. The molecule has 0 saturated carbocycles. The highest BCUT2D eigenvalue weighted by Gasteiger charge is 2.18. The van der Waals surface area contributed by atoms with Gasteiger partial charge < -0.3 is 18.6 Å². The molecule has 0 fully saturated rings. The molecule has 0 saturated heterocycles. The second-order valence-corrected chi connectivity index (χ2v) is 14.4. The predicted molar refractivity (Wildman–Crippen MR) is 236 cm³/mol. The summed E-state index contributed by atoms with van der Waals surface area (Å²) in [5, 5.41) is 17.9. The van der Waals surface area contributed by atoms with Crippen molar-refractivity contribution in [3.8, 4) is 6.07 Å². The summed E-state index contributed by atoms with van der Waals surface area (Å²) in [5.41, 5.74) is 10.4. The second-order valence-electron chi connectivity index (χ2n) is 14.4. The number of para-hydroxylation sites is 2. The van der Waals surface area contributed by atoms with Gasteiger partial charge in [0.1, 0.15) is 22.3 Å². The van der Waals surface area contributed by atoms with Crippen LogP contribution in [0.15, 0.2) is 191 Å². The Morgan fingerprint density at radius 2 is 0.810 bits per heavy atom. The molecule has 58 heavy (non-hydrogen) atoms. The Bertz CT molecular complexity index is 3240. The van der Waals surface area contributed by atoms with Crippen molar-refractivity contribution < 1.29 is 8.83 Å². The molecule has 0 aliphatic carbocycles. The Balaban J connectivity index is 0.997. The van der Waals surface area contributed by atoms with Crippen LogP contribution in [0.2, 0.25) is 0 Å². The SMILES string of the molecule is [C-]#[N+]c1ccc(N(c2ccccc2)c2ccc3cc4c(cc3c2)oc2cc3oc5cc6cc(N(c7ccccc7)c7ccc(C#N)cc7)ccc6cc5c3cc24)cc1. The number of benzene rings is 9. The third-order valence-corrected chi connectivity index (χ3v) is 11.0. The van der Waals surface area contributed by atoms with Gasteiger partial charge >= 0.3 is 0 Å². The molecule has 0 radical (unpaired) electrons. The molecule has 2 heterocycles. The largest absolute Gasteiger partial charge is 0.456 e. The first-order valence-electron chi connectivity index (χ1n) is 19.0. The number of anilines is 6. The van der Waals surface area contributed by atoms with Crippen LogP contribution in [0.3, 0.4) is 0 Å². The van der Waals surface area contributed by atoms with E-state index in [0.29, 0.717) is 11.3 Å². The van der Waals surface area contributed by atoms with Gasteiger partial charge in [0.2, 0.25) is 0 Å². The monoisotopic (exact) mass is 742 g/mol. The van der Waals surface area contributed by atoms with Crippen molar-refractivity contribution in [1.29, 1.82) is 5.26 Å². The quantitative estimate of drug-likeness (QED) is 0.159. The lowest BCUT2D eigenvalue weighted by atomic mass is 10.0. The normalized spacial score (nSPS) is 11.4. The molecule has 0 bridgehead atoms. The molecule has 6 nitrogen and oxygen atoms in total. The van der Waals surface area contributed by atoms with Crippen molar-refractivity contribution in [3.05, 3.63) is 199 Å². The van der Waals surface area contributed by atoms with Crippen molar-refractivity contribution in [2.75, 3.05) is 9.80 Å². The topological polar surface area (TPSA) is 60.9 Å². The number of rotatable bonds is 6. The summed E-state index contributed by atoms with van der Waals surface area (Å²) < 4.78 is 13.1. The maximum absolute atomic E-state index is 9.40. The summed E-state index contributed by atoms with van der Waals surface area (Å²) in [5.74, 6) is 0. The van der Waals surface area contributed by atoms with E-state index in [1.165, 1.54) is 0 Å². The van der Waals surface area contributed by atoms with Crippen LogP contribution in [0.25, 0.3) is 70.3 Å². The van der Waals surface area contributed by atoms with E-state index in [9.17, 15) is 5.26 Å². The third-order valence-electron chi connectivity index (χ3n) is 11.0. The van der Waals surface area contributed by atoms with Gasteiger partial charge in [-0.15, -0.1) is 0 Å². The van der Waals surface area contributed by atoms with Crippen LogP contribution in [0.4, 0.5) is 39.8 Å². The first-order valence-corrected chi connectivity index (χ1v) is 19.0. The molecule has 0 aliphatic heterocycles. The molecule has 11 aromatic rings. The van der Waals surface area contributed by atoms with Crippen LogP contribution in [-0.4, -0.2) is 0 Å². The van der Waals surface area contributed by atoms with Crippen LogP contribution < -0.4 is 9.80 Å². The van der Waals surface area contributed by atoms with Gasteiger partial charge in [0.25, 0.3) is 0 Å². The van der Waals surface area contributed by atoms with E-state index in [-0.39, 0.29) is 0 Å². The average molecular weight is 743 g/mol. The average Bonchev–Trinajstić information content (AvgIpc) is 3.80. The first-order chi connectivity index (χ1) is 28.6. The Morgan fingerprint density at radius 1 is 0.397 bits per heavy atom. The van der Waals surface area contributed by atoms with Gasteiger partial charge in [-0.1, -0.05) is 60.7 Å². The molecule has 0 spiro atoms. The molecule has 2 aromatic heterocycles. The van der Waals surface area contributed by atoms with Crippen LogP contribution >= 0.6 is 0 Å². The summed E-state index contributed by atoms with van der Waals surface area (Å²) in [7, 11) is 0. The predicted octanol–water partition coefficient (Wildman–Crippen LogP) is 15.2. The molecule has 0 amide bonds. The lowest BCUT2D eigenvalue weighted by Crippen LogP contribution is -2.09. The van der Waals surface area contributed by atoms with E-state index in [0.717, 1.165) is 99.5 Å². The van der Waals surface area contributed by atoms with Gasteiger partial charge in [-0.25, -0.2) is 4.85 Å². The van der Waals surface area contributed by atoms with E-state index in [1.807, 2.05) is 91.0 Å². The lowest BCUT2D eigenvalue weighted by molar-refractivity contribution is 0.656. The highest BCUT2D eigenvalue weighted by atomic mass is 16.3. The van der Waals surface area contributed by atoms with Gasteiger partial charge in [0.15, 0.2) is 5.69 Å². The van der Waals surface area contributed by atoms with E-state index < -0.39 is 0 Å². The van der Waals surface area contributed by atoms with Crippen LogP contribution in [0.1, 0.15) is 5.56 Å². The number of nitrogens with zero attached hydrogens (tertiary/aromatic N) is 4. The highest BCUT2D eigenvalue weighted by molar-refractivity contribution is 6.18. The fraction of sp³-hybridized carbons (Fsp3) is 0. The Kier molecular flexibility index (Phi) is 7.50. The van der Waals surface area contributed by atoms with Crippen molar-refractivity contribution in [2.24, 2.45) is 0 Å². The number of hydrogen-bond donors (Lipinski definition) is 0. The Morgan fingerprint density at radius 3 is 1.28 bits per heavy atom. The number of fused-ring (bicyclic) bond motifs is 8. The second kappa shape index (κ2) is 13.2. The molecule has 0 unspecified atom stereocenters. The fourth-order valence-corrected chi connectivity index (χ4v) is 8.19.